The van der Waals surface area contributed by atoms with E-state index < -0.39 is 6.04 Å². The first-order chi connectivity index (χ1) is 9.12. The molecule has 102 valence electrons. The van der Waals surface area contributed by atoms with Gasteiger partial charge in [0.05, 0.1) is 28.9 Å². The van der Waals surface area contributed by atoms with Crippen molar-refractivity contribution in [1.82, 2.24) is 0 Å². The molecule has 0 radical (unpaired) electrons. The highest BCUT2D eigenvalue weighted by Crippen LogP contribution is 2.24. The van der Waals surface area contributed by atoms with Crippen LogP contribution in [-0.2, 0) is 9.53 Å². The number of nitriles is 1. The van der Waals surface area contributed by atoms with Crippen LogP contribution in [0, 0.1) is 11.3 Å². The SMILES string of the molecule is CCCC(Nc1ccc(C#N)cc1Cl)C(=O)OCC. The standard InChI is InChI=1S/C14H17ClN2O2/c1-3-5-13(14(18)19-4-2)17-12-7-6-10(9-16)8-11(12)15/h6-8,13,17H,3-5H2,1-2H3. The molecule has 0 fully saturated rings. The van der Waals surface area contributed by atoms with Gasteiger partial charge in [-0.3, -0.25) is 0 Å². The van der Waals surface area contributed by atoms with Gasteiger partial charge >= 0.3 is 5.97 Å². The summed E-state index contributed by atoms with van der Waals surface area (Å²) in [5, 5.41) is 12.3. The average molecular weight is 281 g/mol. The molecule has 0 aliphatic heterocycles. The molecule has 5 heteroatoms. The molecule has 0 amide bonds. The number of nitrogens with one attached hydrogen (secondary N) is 1. The maximum absolute atomic E-state index is 11.8. The van der Waals surface area contributed by atoms with Gasteiger partial charge in [-0.1, -0.05) is 24.9 Å². The number of hydrogen-bond acceptors (Lipinski definition) is 4. The highest BCUT2D eigenvalue weighted by atomic mass is 35.5. The lowest BCUT2D eigenvalue weighted by Gasteiger charge is -2.18. The number of nitrogens with zero attached hydrogens (tertiary/aromatic N) is 1. The first-order valence-electron chi connectivity index (χ1n) is 6.25. The number of esters is 1. The van der Waals surface area contributed by atoms with Gasteiger partial charge in [0.1, 0.15) is 6.04 Å². The topological polar surface area (TPSA) is 62.1 Å². The van der Waals surface area contributed by atoms with Crippen LogP contribution in [-0.4, -0.2) is 18.6 Å². The van der Waals surface area contributed by atoms with Gasteiger partial charge in [-0.15, -0.1) is 0 Å². The fraction of sp³-hybridized carbons (Fsp3) is 0.429. The molecule has 4 nitrogen and oxygen atoms in total. The molecule has 0 saturated carbocycles. The van der Waals surface area contributed by atoms with Crippen LogP contribution in [0.4, 0.5) is 5.69 Å². The zero-order chi connectivity index (χ0) is 14.3. The quantitative estimate of drug-likeness (QED) is 0.812. The Morgan fingerprint density at radius 3 is 2.79 bits per heavy atom. The number of rotatable bonds is 6. The molecule has 1 aromatic rings. The summed E-state index contributed by atoms with van der Waals surface area (Å²) >= 11 is 6.07. The third-order valence-electron chi connectivity index (χ3n) is 2.58. The molecular weight excluding hydrogens is 264 g/mol. The van der Waals surface area contributed by atoms with Gasteiger partial charge in [-0.2, -0.15) is 5.26 Å². The second-order valence-corrected chi connectivity index (χ2v) is 4.45. The predicted molar refractivity (Wildman–Crippen MR) is 75.1 cm³/mol. The zero-order valence-electron chi connectivity index (χ0n) is 11.1. The van der Waals surface area contributed by atoms with E-state index in [2.05, 4.69) is 5.32 Å². The van der Waals surface area contributed by atoms with E-state index in [1.54, 1.807) is 25.1 Å². The van der Waals surface area contributed by atoms with Crippen molar-refractivity contribution in [3.8, 4) is 6.07 Å². The number of ether oxygens (including phenoxy) is 1. The molecule has 0 aromatic heterocycles. The Kier molecular flexibility index (Phi) is 6.17. The molecule has 1 atom stereocenters. The highest BCUT2D eigenvalue weighted by Gasteiger charge is 2.19. The third-order valence-corrected chi connectivity index (χ3v) is 2.89. The third kappa shape index (κ3) is 4.46. The molecule has 0 aliphatic rings. The second kappa shape index (κ2) is 7.65. The van der Waals surface area contributed by atoms with Gasteiger partial charge in [0.25, 0.3) is 0 Å². The Morgan fingerprint density at radius 2 is 2.26 bits per heavy atom. The van der Waals surface area contributed by atoms with Crippen LogP contribution < -0.4 is 5.32 Å². The van der Waals surface area contributed by atoms with E-state index in [1.807, 2.05) is 13.0 Å². The normalized spacial score (nSPS) is 11.5. The van der Waals surface area contributed by atoms with Crippen LogP contribution in [0.15, 0.2) is 18.2 Å². The number of anilines is 1. The minimum atomic E-state index is -0.421. The largest absolute Gasteiger partial charge is 0.464 e. The average Bonchev–Trinajstić information content (AvgIpc) is 2.40. The second-order valence-electron chi connectivity index (χ2n) is 4.04. The van der Waals surface area contributed by atoms with Crippen molar-refractivity contribution >= 4 is 23.3 Å². The Hall–Kier alpha value is -1.73. The summed E-state index contributed by atoms with van der Waals surface area (Å²) in [4.78, 5) is 11.8. The minimum Gasteiger partial charge on any atom is -0.464 e. The van der Waals surface area contributed by atoms with Crippen molar-refractivity contribution in [2.75, 3.05) is 11.9 Å². The van der Waals surface area contributed by atoms with Crippen LogP contribution in [0.2, 0.25) is 5.02 Å². The Labute approximate surface area is 118 Å². The first kappa shape index (κ1) is 15.3. The summed E-state index contributed by atoms with van der Waals surface area (Å²) in [7, 11) is 0. The van der Waals surface area contributed by atoms with Crippen molar-refractivity contribution in [3.63, 3.8) is 0 Å². The fourth-order valence-corrected chi connectivity index (χ4v) is 1.90. The molecule has 0 aliphatic carbocycles. The number of halogens is 1. The molecule has 0 saturated heterocycles. The molecule has 1 N–H and O–H groups in total. The van der Waals surface area contributed by atoms with Crippen molar-refractivity contribution in [1.29, 1.82) is 5.26 Å². The lowest BCUT2D eigenvalue weighted by Crippen LogP contribution is -2.31. The monoisotopic (exact) mass is 280 g/mol. The highest BCUT2D eigenvalue weighted by molar-refractivity contribution is 6.33. The van der Waals surface area contributed by atoms with E-state index in [0.29, 0.717) is 29.3 Å². The molecule has 1 rings (SSSR count). The van der Waals surface area contributed by atoms with Gasteiger partial charge in [-0.25, -0.2) is 4.79 Å². The van der Waals surface area contributed by atoms with Crippen LogP contribution in [0.3, 0.4) is 0 Å². The van der Waals surface area contributed by atoms with Crippen molar-refractivity contribution in [2.45, 2.75) is 32.7 Å². The Balaban J connectivity index is 2.84. The summed E-state index contributed by atoms with van der Waals surface area (Å²) in [5.74, 6) is -0.287. The Bertz CT molecular complexity index is 483. The zero-order valence-corrected chi connectivity index (χ0v) is 11.8. The summed E-state index contributed by atoms with van der Waals surface area (Å²) in [6, 6.07) is 6.51. The summed E-state index contributed by atoms with van der Waals surface area (Å²) in [5.41, 5.74) is 1.12. The van der Waals surface area contributed by atoms with E-state index in [0.717, 1.165) is 6.42 Å². The van der Waals surface area contributed by atoms with Crippen LogP contribution >= 0.6 is 11.6 Å². The fourth-order valence-electron chi connectivity index (χ4n) is 1.67. The summed E-state index contributed by atoms with van der Waals surface area (Å²) in [6.45, 7) is 4.12. The molecular formula is C14H17ClN2O2. The molecule has 0 heterocycles. The number of benzene rings is 1. The molecule has 0 bridgehead atoms. The summed E-state index contributed by atoms with van der Waals surface area (Å²) < 4.78 is 5.02. The van der Waals surface area contributed by atoms with Gasteiger partial charge in [0.15, 0.2) is 0 Å². The van der Waals surface area contributed by atoms with Gasteiger partial charge in [0, 0.05) is 0 Å². The smallest absolute Gasteiger partial charge is 0.328 e. The molecule has 1 aromatic carbocycles. The van der Waals surface area contributed by atoms with E-state index in [9.17, 15) is 4.79 Å². The van der Waals surface area contributed by atoms with Crippen LogP contribution in [0.1, 0.15) is 32.3 Å². The van der Waals surface area contributed by atoms with Gasteiger partial charge in [-0.05, 0) is 31.5 Å². The van der Waals surface area contributed by atoms with Gasteiger partial charge < -0.3 is 10.1 Å². The van der Waals surface area contributed by atoms with Gasteiger partial charge in [0.2, 0.25) is 0 Å². The van der Waals surface area contributed by atoms with E-state index in [4.69, 9.17) is 21.6 Å². The maximum atomic E-state index is 11.8. The minimum absolute atomic E-state index is 0.287. The lowest BCUT2D eigenvalue weighted by atomic mass is 10.1. The number of carbonyl (C=O) groups excluding carboxylic acids is 1. The lowest BCUT2D eigenvalue weighted by molar-refractivity contribution is -0.144. The van der Waals surface area contributed by atoms with E-state index >= 15 is 0 Å². The molecule has 0 spiro atoms. The number of carbonyl (C=O) groups is 1. The van der Waals surface area contributed by atoms with Crippen molar-refractivity contribution in [2.24, 2.45) is 0 Å². The van der Waals surface area contributed by atoms with Crippen molar-refractivity contribution in [3.05, 3.63) is 28.8 Å². The van der Waals surface area contributed by atoms with E-state index in [-0.39, 0.29) is 5.97 Å². The molecule has 19 heavy (non-hydrogen) atoms. The molecule has 1 unspecified atom stereocenters. The Morgan fingerprint density at radius 1 is 1.53 bits per heavy atom. The van der Waals surface area contributed by atoms with Crippen LogP contribution in [0.25, 0.3) is 0 Å². The van der Waals surface area contributed by atoms with Crippen molar-refractivity contribution < 1.29 is 9.53 Å². The summed E-state index contributed by atoms with van der Waals surface area (Å²) in [6.07, 6.45) is 1.51. The predicted octanol–water partition coefficient (Wildman–Crippen LogP) is 3.36. The van der Waals surface area contributed by atoms with Crippen LogP contribution in [0.5, 0.6) is 0 Å². The number of hydrogen-bond donors (Lipinski definition) is 1. The maximum Gasteiger partial charge on any atom is 0.328 e. The first-order valence-corrected chi connectivity index (χ1v) is 6.63. The van der Waals surface area contributed by atoms with E-state index in [1.165, 1.54) is 0 Å².